The van der Waals surface area contributed by atoms with Crippen LogP contribution in [0.2, 0.25) is 0 Å². The summed E-state index contributed by atoms with van der Waals surface area (Å²) in [5.41, 5.74) is 2.18. The molecule has 2 rings (SSSR count). The second-order valence-electron chi connectivity index (χ2n) is 6.69. The third-order valence-electron chi connectivity index (χ3n) is 4.38. The summed E-state index contributed by atoms with van der Waals surface area (Å²) in [7, 11) is -2.44. The van der Waals surface area contributed by atoms with Gasteiger partial charge in [0, 0.05) is 0 Å². The Morgan fingerprint density at radius 1 is 1.11 bits per heavy atom. The maximum atomic E-state index is 13.3. The van der Waals surface area contributed by atoms with Gasteiger partial charge in [-0.15, -0.1) is 0 Å². The Labute approximate surface area is 167 Å². The summed E-state index contributed by atoms with van der Waals surface area (Å²) in [6.07, 6.45) is 0. The number of benzene rings is 2. The zero-order valence-electron chi connectivity index (χ0n) is 16.9. The monoisotopic (exact) mass is 405 g/mol. The van der Waals surface area contributed by atoms with E-state index in [2.05, 4.69) is 13.8 Å². The number of hydrogen-bond acceptors (Lipinski definition) is 5. The number of sulfonamides is 1. The van der Waals surface area contributed by atoms with Crippen LogP contribution < -0.4 is 9.04 Å². The topological polar surface area (TPSA) is 72.9 Å². The Bertz CT molecular complexity index is 920. The van der Waals surface area contributed by atoms with Gasteiger partial charge in [-0.05, 0) is 61.2 Å². The minimum absolute atomic E-state index is 0.0861. The summed E-state index contributed by atoms with van der Waals surface area (Å²) in [5, 5.41) is 0. The zero-order chi connectivity index (χ0) is 20.9. The van der Waals surface area contributed by atoms with Gasteiger partial charge in [0.25, 0.3) is 10.0 Å². The number of ether oxygens (including phenoxy) is 2. The summed E-state index contributed by atoms with van der Waals surface area (Å²) >= 11 is 0. The minimum atomic E-state index is -3.97. The molecule has 0 bridgehead atoms. The van der Waals surface area contributed by atoms with Gasteiger partial charge in [-0.1, -0.05) is 26.0 Å². The fourth-order valence-electron chi connectivity index (χ4n) is 2.80. The van der Waals surface area contributed by atoms with Crippen LogP contribution in [0.5, 0.6) is 5.75 Å². The fraction of sp³-hybridized carbons (Fsp3) is 0.381. The molecule has 0 aromatic heterocycles. The molecular weight excluding hydrogens is 378 g/mol. The number of esters is 1. The average molecular weight is 406 g/mol. The summed E-state index contributed by atoms with van der Waals surface area (Å²) in [5.74, 6) is 0.301. The first kappa shape index (κ1) is 21.8. The number of carbonyl (C=O) groups is 1. The zero-order valence-corrected chi connectivity index (χ0v) is 17.7. The smallest absolute Gasteiger partial charge is 0.326 e. The van der Waals surface area contributed by atoms with E-state index in [-0.39, 0.29) is 11.5 Å². The van der Waals surface area contributed by atoms with Gasteiger partial charge in [0.15, 0.2) is 0 Å². The summed E-state index contributed by atoms with van der Waals surface area (Å²) < 4.78 is 37.9. The van der Waals surface area contributed by atoms with Crippen LogP contribution in [0.4, 0.5) is 5.69 Å². The third-order valence-corrected chi connectivity index (χ3v) is 6.15. The third kappa shape index (κ3) is 4.84. The number of aryl methyl sites for hydroxylation is 1. The van der Waals surface area contributed by atoms with Crippen molar-refractivity contribution in [1.29, 1.82) is 0 Å². The van der Waals surface area contributed by atoms with Crippen LogP contribution in [0.25, 0.3) is 0 Å². The molecule has 152 valence electrons. The lowest BCUT2D eigenvalue weighted by Crippen LogP contribution is -2.36. The molecule has 28 heavy (non-hydrogen) atoms. The number of rotatable bonds is 8. The standard InChI is InChI=1S/C21H27NO5S/c1-6-27-21(23)14-22(18-9-7-17(8-10-18)15(2)3)28(24,25)19-11-12-20(26-5)16(4)13-19/h7-13,15H,6,14H2,1-5H3. The van der Waals surface area contributed by atoms with Gasteiger partial charge in [-0.25, -0.2) is 8.42 Å². The Hall–Kier alpha value is -2.54. The maximum Gasteiger partial charge on any atom is 0.326 e. The molecule has 0 saturated heterocycles. The molecule has 0 aliphatic heterocycles. The van der Waals surface area contributed by atoms with Crippen LogP contribution in [0.15, 0.2) is 47.4 Å². The van der Waals surface area contributed by atoms with Gasteiger partial charge < -0.3 is 9.47 Å². The van der Waals surface area contributed by atoms with Crippen LogP contribution in [0.3, 0.4) is 0 Å². The first-order chi connectivity index (χ1) is 13.2. The second kappa shape index (κ2) is 9.10. The van der Waals surface area contributed by atoms with Crippen LogP contribution in [-0.4, -0.2) is 34.6 Å². The quantitative estimate of drug-likeness (QED) is 0.623. The molecule has 2 aromatic carbocycles. The first-order valence-corrected chi connectivity index (χ1v) is 10.6. The van der Waals surface area contributed by atoms with Gasteiger partial charge in [-0.3, -0.25) is 9.10 Å². The molecule has 2 aromatic rings. The molecule has 0 radical (unpaired) electrons. The van der Waals surface area contributed by atoms with Crippen molar-refractivity contribution in [3.63, 3.8) is 0 Å². The fourth-order valence-corrected chi connectivity index (χ4v) is 4.30. The first-order valence-electron chi connectivity index (χ1n) is 9.13. The van der Waals surface area contributed by atoms with Crippen LogP contribution in [0.1, 0.15) is 37.8 Å². The van der Waals surface area contributed by atoms with E-state index >= 15 is 0 Å². The predicted octanol–water partition coefficient (Wildman–Crippen LogP) is 3.89. The lowest BCUT2D eigenvalue weighted by molar-refractivity contribution is -0.141. The molecule has 0 amide bonds. The van der Waals surface area contributed by atoms with Gasteiger partial charge >= 0.3 is 5.97 Å². The van der Waals surface area contributed by atoms with Crippen molar-refractivity contribution in [2.45, 2.75) is 38.5 Å². The van der Waals surface area contributed by atoms with Crippen molar-refractivity contribution in [2.75, 3.05) is 24.6 Å². The Morgan fingerprint density at radius 2 is 1.75 bits per heavy atom. The highest BCUT2D eigenvalue weighted by Gasteiger charge is 2.28. The van der Waals surface area contributed by atoms with Crippen molar-refractivity contribution in [2.24, 2.45) is 0 Å². The van der Waals surface area contributed by atoms with Crippen molar-refractivity contribution < 1.29 is 22.7 Å². The molecule has 0 aliphatic carbocycles. The molecule has 0 spiro atoms. The van der Waals surface area contributed by atoms with Crippen molar-refractivity contribution in [3.05, 3.63) is 53.6 Å². The van der Waals surface area contributed by atoms with Crippen molar-refractivity contribution >= 4 is 21.7 Å². The normalized spacial score (nSPS) is 11.4. The summed E-state index contributed by atoms with van der Waals surface area (Å²) in [4.78, 5) is 12.2. The highest BCUT2D eigenvalue weighted by Crippen LogP contribution is 2.28. The molecule has 0 atom stereocenters. The van der Waals surface area contributed by atoms with E-state index in [1.165, 1.54) is 19.2 Å². The van der Waals surface area contributed by atoms with E-state index in [0.717, 1.165) is 9.87 Å². The molecule has 0 saturated carbocycles. The van der Waals surface area contributed by atoms with E-state index in [4.69, 9.17) is 9.47 Å². The number of anilines is 1. The number of nitrogens with zero attached hydrogens (tertiary/aromatic N) is 1. The Morgan fingerprint density at radius 3 is 2.25 bits per heavy atom. The predicted molar refractivity (Wildman–Crippen MR) is 109 cm³/mol. The SMILES string of the molecule is CCOC(=O)CN(c1ccc(C(C)C)cc1)S(=O)(=O)c1ccc(OC)c(C)c1. The van der Waals surface area contributed by atoms with Crippen molar-refractivity contribution in [1.82, 2.24) is 0 Å². The van der Waals surface area contributed by atoms with E-state index in [9.17, 15) is 13.2 Å². The molecule has 7 heteroatoms. The number of methoxy groups -OCH3 is 1. The second-order valence-corrected chi connectivity index (χ2v) is 8.56. The molecule has 0 fully saturated rings. The van der Waals surface area contributed by atoms with E-state index in [1.54, 1.807) is 32.0 Å². The number of carbonyl (C=O) groups excluding carboxylic acids is 1. The summed E-state index contributed by atoms with van der Waals surface area (Å²) in [6.45, 7) is 7.35. The summed E-state index contributed by atoms with van der Waals surface area (Å²) in [6, 6.07) is 11.8. The molecule has 0 unspecified atom stereocenters. The van der Waals surface area contributed by atoms with E-state index in [1.807, 2.05) is 12.1 Å². The Balaban J connectivity index is 2.50. The number of hydrogen-bond donors (Lipinski definition) is 0. The molecule has 6 nitrogen and oxygen atoms in total. The lowest BCUT2D eigenvalue weighted by Gasteiger charge is -2.24. The van der Waals surface area contributed by atoms with Gasteiger partial charge in [0.05, 0.1) is 24.3 Å². The van der Waals surface area contributed by atoms with E-state index in [0.29, 0.717) is 22.9 Å². The maximum absolute atomic E-state index is 13.3. The highest BCUT2D eigenvalue weighted by molar-refractivity contribution is 7.92. The van der Waals surface area contributed by atoms with Gasteiger partial charge in [0.1, 0.15) is 12.3 Å². The van der Waals surface area contributed by atoms with Crippen LogP contribution in [0, 0.1) is 6.92 Å². The molecule has 0 N–H and O–H groups in total. The largest absolute Gasteiger partial charge is 0.496 e. The Kier molecular flexibility index (Phi) is 7.07. The van der Waals surface area contributed by atoms with Gasteiger partial charge in [0.2, 0.25) is 0 Å². The van der Waals surface area contributed by atoms with Crippen LogP contribution in [-0.2, 0) is 19.6 Å². The highest BCUT2D eigenvalue weighted by atomic mass is 32.2. The van der Waals surface area contributed by atoms with E-state index < -0.39 is 22.5 Å². The molecular formula is C21H27NO5S. The molecule has 0 aliphatic rings. The van der Waals surface area contributed by atoms with Gasteiger partial charge in [-0.2, -0.15) is 0 Å². The van der Waals surface area contributed by atoms with Crippen molar-refractivity contribution in [3.8, 4) is 5.75 Å². The molecule has 0 heterocycles. The minimum Gasteiger partial charge on any atom is -0.496 e. The lowest BCUT2D eigenvalue weighted by atomic mass is 10.0. The van der Waals surface area contributed by atoms with Crippen LogP contribution >= 0.6 is 0 Å². The average Bonchev–Trinajstić information content (AvgIpc) is 2.66.